The lowest BCUT2D eigenvalue weighted by atomic mass is 10.1. The summed E-state index contributed by atoms with van der Waals surface area (Å²) in [6, 6.07) is 0. The van der Waals surface area contributed by atoms with E-state index in [1.165, 1.54) is 21.0 Å². The van der Waals surface area contributed by atoms with Gasteiger partial charge in [0, 0.05) is 21.0 Å². The molecule has 2 fully saturated rings. The van der Waals surface area contributed by atoms with Crippen LogP contribution in [-0.2, 0) is 38.1 Å². The van der Waals surface area contributed by atoms with Crippen molar-refractivity contribution in [2.45, 2.75) is 44.6 Å². The Morgan fingerprint density at radius 3 is 2.26 bits per heavy atom. The number of ether oxygens (including phenoxy) is 5. The SMILES string of the molecule is CO[C@@H]1O[C@H]2[C@H](OC(=O)[C@H]2OC(C)=O)[C@H]1OC(C)=O. The van der Waals surface area contributed by atoms with Crippen molar-refractivity contribution in [1.82, 2.24) is 0 Å². The van der Waals surface area contributed by atoms with Crippen molar-refractivity contribution in [3.05, 3.63) is 0 Å². The van der Waals surface area contributed by atoms with Crippen molar-refractivity contribution in [2.75, 3.05) is 7.11 Å². The third-order valence-electron chi connectivity index (χ3n) is 2.82. The Morgan fingerprint density at radius 1 is 1.11 bits per heavy atom. The summed E-state index contributed by atoms with van der Waals surface area (Å²) in [5, 5.41) is 0. The number of carbonyl (C=O) groups excluding carboxylic acids is 3. The summed E-state index contributed by atoms with van der Waals surface area (Å²) >= 11 is 0. The Labute approximate surface area is 108 Å². The zero-order chi connectivity index (χ0) is 14.2. The molecule has 106 valence electrons. The van der Waals surface area contributed by atoms with Gasteiger partial charge >= 0.3 is 17.9 Å². The molecule has 0 aromatic rings. The van der Waals surface area contributed by atoms with Crippen LogP contribution >= 0.6 is 0 Å². The van der Waals surface area contributed by atoms with Gasteiger partial charge in [-0.15, -0.1) is 0 Å². The van der Waals surface area contributed by atoms with Gasteiger partial charge in [0.2, 0.25) is 6.10 Å². The molecule has 2 aliphatic rings. The van der Waals surface area contributed by atoms with Crippen molar-refractivity contribution in [1.29, 1.82) is 0 Å². The van der Waals surface area contributed by atoms with E-state index in [2.05, 4.69) is 0 Å². The zero-order valence-electron chi connectivity index (χ0n) is 10.7. The highest BCUT2D eigenvalue weighted by Crippen LogP contribution is 2.35. The summed E-state index contributed by atoms with van der Waals surface area (Å²) in [5.41, 5.74) is 0. The molecular weight excluding hydrogens is 260 g/mol. The van der Waals surface area contributed by atoms with Crippen LogP contribution in [0.5, 0.6) is 0 Å². The summed E-state index contributed by atoms with van der Waals surface area (Å²) in [6.07, 6.45) is -4.60. The molecule has 0 aliphatic carbocycles. The third kappa shape index (κ3) is 2.54. The molecule has 2 aliphatic heterocycles. The van der Waals surface area contributed by atoms with Crippen molar-refractivity contribution >= 4 is 17.9 Å². The second-order valence-corrected chi connectivity index (χ2v) is 4.21. The first-order valence-corrected chi connectivity index (χ1v) is 5.67. The molecule has 19 heavy (non-hydrogen) atoms. The van der Waals surface area contributed by atoms with Gasteiger partial charge in [0.25, 0.3) is 0 Å². The van der Waals surface area contributed by atoms with E-state index in [1.807, 2.05) is 0 Å². The molecule has 8 heteroatoms. The fourth-order valence-electron chi connectivity index (χ4n) is 2.16. The van der Waals surface area contributed by atoms with E-state index in [-0.39, 0.29) is 0 Å². The zero-order valence-corrected chi connectivity index (χ0v) is 10.7. The Hall–Kier alpha value is -1.67. The van der Waals surface area contributed by atoms with Crippen LogP contribution in [0.25, 0.3) is 0 Å². The molecule has 0 radical (unpaired) electrons. The predicted molar refractivity (Wildman–Crippen MR) is 56.7 cm³/mol. The first kappa shape index (κ1) is 13.8. The Bertz CT molecular complexity index is 405. The van der Waals surface area contributed by atoms with Gasteiger partial charge in [0.15, 0.2) is 18.5 Å². The average molecular weight is 274 g/mol. The summed E-state index contributed by atoms with van der Waals surface area (Å²) < 4.78 is 25.3. The molecule has 2 rings (SSSR count). The summed E-state index contributed by atoms with van der Waals surface area (Å²) in [4.78, 5) is 33.6. The van der Waals surface area contributed by atoms with E-state index in [4.69, 9.17) is 23.7 Å². The second-order valence-electron chi connectivity index (χ2n) is 4.21. The Morgan fingerprint density at radius 2 is 1.74 bits per heavy atom. The molecule has 0 unspecified atom stereocenters. The molecule has 0 N–H and O–H groups in total. The number of methoxy groups -OCH3 is 1. The smallest absolute Gasteiger partial charge is 0.350 e. The van der Waals surface area contributed by atoms with E-state index >= 15 is 0 Å². The van der Waals surface area contributed by atoms with Crippen molar-refractivity contribution in [3.63, 3.8) is 0 Å². The molecule has 8 nitrogen and oxygen atoms in total. The van der Waals surface area contributed by atoms with Crippen molar-refractivity contribution in [3.8, 4) is 0 Å². The predicted octanol–water partition coefficient (Wildman–Crippen LogP) is -0.853. The first-order chi connectivity index (χ1) is 8.93. The number of fused-ring (bicyclic) bond motifs is 1. The maximum Gasteiger partial charge on any atom is 0.350 e. The van der Waals surface area contributed by atoms with E-state index < -0.39 is 48.6 Å². The second kappa shape index (κ2) is 5.14. The largest absolute Gasteiger partial charge is 0.453 e. The summed E-state index contributed by atoms with van der Waals surface area (Å²) in [5.74, 6) is -1.91. The lowest BCUT2D eigenvalue weighted by Gasteiger charge is -2.20. The van der Waals surface area contributed by atoms with Gasteiger partial charge in [0.05, 0.1) is 0 Å². The van der Waals surface area contributed by atoms with Crippen LogP contribution in [0.3, 0.4) is 0 Å². The standard InChI is InChI=1S/C11H14O8/c1-4(12)16-8-6-7(18-10(8)14)9(17-5(2)13)11(15-3)19-6/h6-9,11H,1-3H3/t6-,7-,8-,9+,11+/m0/s1. The molecule has 2 saturated heterocycles. The van der Waals surface area contributed by atoms with Gasteiger partial charge in [-0.2, -0.15) is 0 Å². The number of carbonyl (C=O) groups is 3. The topological polar surface area (TPSA) is 97.4 Å². The lowest BCUT2D eigenvalue weighted by molar-refractivity contribution is -0.195. The third-order valence-corrected chi connectivity index (χ3v) is 2.82. The maximum absolute atomic E-state index is 11.6. The molecule has 2 heterocycles. The summed E-state index contributed by atoms with van der Waals surface area (Å²) in [7, 11) is 1.37. The van der Waals surface area contributed by atoms with Crippen molar-refractivity contribution in [2.24, 2.45) is 0 Å². The van der Waals surface area contributed by atoms with Gasteiger partial charge in [0.1, 0.15) is 6.10 Å². The highest BCUT2D eigenvalue weighted by Gasteiger charge is 2.60. The minimum absolute atomic E-state index is 0.553. The summed E-state index contributed by atoms with van der Waals surface area (Å²) in [6.45, 7) is 2.40. The molecule has 0 aromatic carbocycles. The van der Waals surface area contributed by atoms with Crippen LogP contribution in [0.15, 0.2) is 0 Å². The van der Waals surface area contributed by atoms with Crippen LogP contribution in [0.2, 0.25) is 0 Å². The minimum atomic E-state index is -1.17. The van der Waals surface area contributed by atoms with Gasteiger partial charge in [-0.05, 0) is 0 Å². The maximum atomic E-state index is 11.6. The van der Waals surface area contributed by atoms with E-state index in [9.17, 15) is 14.4 Å². The van der Waals surface area contributed by atoms with Crippen LogP contribution in [-0.4, -0.2) is 55.7 Å². The number of hydrogen-bond acceptors (Lipinski definition) is 8. The van der Waals surface area contributed by atoms with Gasteiger partial charge in [-0.1, -0.05) is 0 Å². The average Bonchev–Trinajstić information content (AvgIpc) is 2.77. The highest BCUT2D eigenvalue weighted by molar-refractivity contribution is 5.81. The van der Waals surface area contributed by atoms with E-state index in [0.29, 0.717) is 0 Å². The number of esters is 3. The molecule has 0 bridgehead atoms. The highest BCUT2D eigenvalue weighted by atomic mass is 16.7. The fraction of sp³-hybridized carbons (Fsp3) is 0.727. The molecule has 0 aromatic heterocycles. The van der Waals surface area contributed by atoms with Gasteiger partial charge < -0.3 is 23.7 Å². The Kier molecular flexibility index (Phi) is 3.72. The van der Waals surface area contributed by atoms with Crippen LogP contribution in [0.1, 0.15) is 13.8 Å². The van der Waals surface area contributed by atoms with Gasteiger partial charge in [-0.3, -0.25) is 9.59 Å². The van der Waals surface area contributed by atoms with E-state index in [1.54, 1.807) is 0 Å². The monoisotopic (exact) mass is 274 g/mol. The van der Waals surface area contributed by atoms with Crippen LogP contribution < -0.4 is 0 Å². The first-order valence-electron chi connectivity index (χ1n) is 5.67. The quantitative estimate of drug-likeness (QED) is 0.484. The fourth-order valence-corrected chi connectivity index (χ4v) is 2.16. The molecule has 0 amide bonds. The molecule has 0 spiro atoms. The van der Waals surface area contributed by atoms with Crippen LogP contribution in [0.4, 0.5) is 0 Å². The molecule has 5 atom stereocenters. The van der Waals surface area contributed by atoms with Gasteiger partial charge in [-0.25, -0.2) is 4.79 Å². The number of hydrogen-bond donors (Lipinski definition) is 0. The minimum Gasteiger partial charge on any atom is -0.453 e. The molecular formula is C11H14O8. The molecule has 0 saturated carbocycles. The van der Waals surface area contributed by atoms with Crippen molar-refractivity contribution < 1.29 is 38.1 Å². The lowest BCUT2D eigenvalue weighted by Crippen LogP contribution is -2.37. The normalized spacial score (nSPS) is 36.6. The van der Waals surface area contributed by atoms with Crippen LogP contribution in [0, 0.1) is 0 Å². The number of rotatable bonds is 3. The van der Waals surface area contributed by atoms with E-state index in [0.717, 1.165) is 0 Å². The Balaban J connectivity index is 2.16.